The molecule has 1 aromatic heterocycles. The van der Waals surface area contributed by atoms with Crippen molar-refractivity contribution in [2.45, 2.75) is 52.4 Å². The number of hydrogen-bond donors (Lipinski definition) is 0. The summed E-state index contributed by atoms with van der Waals surface area (Å²) < 4.78 is 23.4. The molecular weight excluding hydrogens is 446 g/mol. The van der Waals surface area contributed by atoms with Crippen LogP contribution in [0.25, 0.3) is 11.4 Å². The van der Waals surface area contributed by atoms with E-state index in [1.807, 2.05) is 24.3 Å². The van der Waals surface area contributed by atoms with E-state index in [-0.39, 0.29) is 11.9 Å². The van der Waals surface area contributed by atoms with Gasteiger partial charge in [-0.15, -0.1) is 5.10 Å². The minimum absolute atomic E-state index is 0.145. The molecule has 0 N–H and O–H groups in total. The van der Waals surface area contributed by atoms with Gasteiger partial charge in [0, 0.05) is 11.1 Å². The average Bonchev–Trinajstić information content (AvgIpc) is 3.32. The van der Waals surface area contributed by atoms with Crippen LogP contribution in [0.4, 0.5) is 0 Å². The lowest BCUT2D eigenvalue weighted by Crippen LogP contribution is -2.15. The fraction of sp³-hybridized carbons (Fsp3) is 0.444. The SMILES string of the molecule is CCCCCc1ccc(C(=O)n2nc(OCCCC)nc2-c2cc(OC)c(OC)c(OC)c2)cc1. The van der Waals surface area contributed by atoms with Crippen LogP contribution in [-0.4, -0.2) is 48.6 Å². The van der Waals surface area contributed by atoms with Crippen molar-refractivity contribution in [3.8, 4) is 34.6 Å². The molecule has 3 aromatic rings. The third kappa shape index (κ3) is 6.32. The molecule has 3 rings (SSSR count). The van der Waals surface area contributed by atoms with E-state index < -0.39 is 0 Å². The molecule has 0 unspecified atom stereocenters. The average molecular weight is 482 g/mol. The first-order valence-corrected chi connectivity index (χ1v) is 12.1. The molecule has 8 nitrogen and oxygen atoms in total. The Hall–Kier alpha value is -3.55. The Morgan fingerprint density at radius 3 is 2.11 bits per heavy atom. The van der Waals surface area contributed by atoms with Crippen LogP contribution < -0.4 is 18.9 Å². The van der Waals surface area contributed by atoms with Gasteiger partial charge in [-0.25, -0.2) is 0 Å². The summed E-state index contributed by atoms with van der Waals surface area (Å²) in [6.45, 7) is 4.73. The Kier molecular flexibility index (Phi) is 9.52. The number of rotatable bonds is 13. The summed E-state index contributed by atoms with van der Waals surface area (Å²) in [6, 6.07) is 11.3. The largest absolute Gasteiger partial charge is 0.493 e. The number of aryl methyl sites for hydroxylation is 1. The zero-order valence-electron chi connectivity index (χ0n) is 21.3. The van der Waals surface area contributed by atoms with Crippen molar-refractivity contribution in [2.24, 2.45) is 0 Å². The molecule has 2 aromatic carbocycles. The van der Waals surface area contributed by atoms with Crippen molar-refractivity contribution in [2.75, 3.05) is 27.9 Å². The first kappa shape index (κ1) is 26.1. The smallest absolute Gasteiger partial charge is 0.336 e. The Morgan fingerprint density at radius 2 is 1.54 bits per heavy atom. The predicted octanol–water partition coefficient (Wildman–Crippen LogP) is 5.57. The second-order valence-corrected chi connectivity index (χ2v) is 8.21. The van der Waals surface area contributed by atoms with E-state index in [9.17, 15) is 4.79 Å². The summed E-state index contributed by atoms with van der Waals surface area (Å²) in [5.74, 6) is 1.39. The van der Waals surface area contributed by atoms with Crippen LogP contribution in [0.3, 0.4) is 0 Å². The van der Waals surface area contributed by atoms with Crippen molar-refractivity contribution < 1.29 is 23.7 Å². The molecule has 0 aliphatic carbocycles. The number of methoxy groups -OCH3 is 3. The van der Waals surface area contributed by atoms with Crippen LogP contribution >= 0.6 is 0 Å². The zero-order chi connectivity index (χ0) is 25.2. The van der Waals surface area contributed by atoms with Crippen LogP contribution in [0.5, 0.6) is 23.3 Å². The van der Waals surface area contributed by atoms with Gasteiger partial charge in [-0.1, -0.05) is 45.2 Å². The first-order valence-electron chi connectivity index (χ1n) is 12.1. The molecule has 0 amide bonds. The lowest BCUT2D eigenvalue weighted by atomic mass is 10.1. The minimum atomic E-state index is -0.299. The van der Waals surface area contributed by atoms with E-state index in [1.165, 1.54) is 44.4 Å². The van der Waals surface area contributed by atoms with Gasteiger partial charge in [0.15, 0.2) is 17.3 Å². The molecule has 0 spiro atoms. The van der Waals surface area contributed by atoms with Crippen LogP contribution in [0.2, 0.25) is 0 Å². The number of unbranched alkanes of at least 4 members (excludes halogenated alkanes) is 3. The second kappa shape index (κ2) is 12.8. The van der Waals surface area contributed by atoms with Crippen LogP contribution in [0, 0.1) is 0 Å². The highest BCUT2D eigenvalue weighted by atomic mass is 16.5. The molecule has 0 atom stereocenters. The fourth-order valence-corrected chi connectivity index (χ4v) is 3.72. The molecular formula is C27H35N3O5. The maximum Gasteiger partial charge on any atom is 0.336 e. The topological polar surface area (TPSA) is 84.7 Å². The van der Waals surface area contributed by atoms with Gasteiger partial charge in [0.1, 0.15) is 0 Å². The van der Waals surface area contributed by atoms with Gasteiger partial charge in [0.25, 0.3) is 5.91 Å². The third-order valence-corrected chi connectivity index (χ3v) is 5.70. The number of aromatic nitrogens is 3. The summed E-state index contributed by atoms with van der Waals surface area (Å²) in [7, 11) is 4.62. The summed E-state index contributed by atoms with van der Waals surface area (Å²) in [4.78, 5) is 18.0. The van der Waals surface area contributed by atoms with Gasteiger partial charge in [-0.05, 0) is 49.1 Å². The first-order chi connectivity index (χ1) is 17.1. The summed E-state index contributed by atoms with van der Waals surface area (Å²) >= 11 is 0. The summed E-state index contributed by atoms with van der Waals surface area (Å²) in [5, 5.41) is 4.39. The van der Waals surface area contributed by atoms with Crippen LogP contribution in [-0.2, 0) is 6.42 Å². The quantitative estimate of drug-likeness (QED) is 0.295. The van der Waals surface area contributed by atoms with Gasteiger partial charge < -0.3 is 18.9 Å². The zero-order valence-corrected chi connectivity index (χ0v) is 21.3. The van der Waals surface area contributed by atoms with Crippen molar-refractivity contribution >= 4 is 5.91 Å². The van der Waals surface area contributed by atoms with Gasteiger partial charge in [0.05, 0.1) is 27.9 Å². The van der Waals surface area contributed by atoms with Gasteiger partial charge in [0.2, 0.25) is 5.75 Å². The van der Waals surface area contributed by atoms with E-state index in [4.69, 9.17) is 18.9 Å². The monoisotopic (exact) mass is 481 g/mol. The molecule has 0 fully saturated rings. The van der Waals surface area contributed by atoms with E-state index in [0.717, 1.165) is 25.7 Å². The number of hydrogen-bond acceptors (Lipinski definition) is 7. The number of carbonyl (C=O) groups excluding carboxylic acids is 1. The summed E-state index contributed by atoms with van der Waals surface area (Å²) in [6.07, 6.45) is 6.34. The molecule has 35 heavy (non-hydrogen) atoms. The highest BCUT2D eigenvalue weighted by Crippen LogP contribution is 2.41. The fourth-order valence-electron chi connectivity index (χ4n) is 3.72. The van der Waals surface area contributed by atoms with E-state index >= 15 is 0 Å². The molecule has 8 heteroatoms. The lowest BCUT2D eigenvalue weighted by molar-refractivity contribution is 0.0944. The Labute approximate surface area is 207 Å². The maximum atomic E-state index is 13.5. The summed E-state index contributed by atoms with van der Waals surface area (Å²) in [5.41, 5.74) is 2.31. The number of benzene rings is 2. The highest BCUT2D eigenvalue weighted by Gasteiger charge is 2.23. The standard InChI is InChI=1S/C27H35N3O5/c1-6-8-10-11-19-12-14-20(15-13-19)26(31)30-25(28-27(29-30)35-16-9-7-2)21-17-22(32-3)24(34-5)23(18-21)33-4/h12-15,17-18H,6-11,16H2,1-5H3. The molecule has 0 saturated carbocycles. The minimum Gasteiger partial charge on any atom is -0.493 e. The van der Waals surface area contributed by atoms with Crippen molar-refractivity contribution in [1.82, 2.24) is 14.8 Å². The number of carbonyl (C=O) groups is 1. The molecule has 0 saturated heterocycles. The predicted molar refractivity (Wildman–Crippen MR) is 135 cm³/mol. The van der Waals surface area contributed by atoms with Gasteiger partial charge in [-0.2, -0.15) is 9.67 Å². The molecule has 188 valence electrons. The van der Waals surface area contributed by atoms with E-state index in [1.54, 1.807) is 12.1 Å². The van der Waals surface area contributed by atoms with Crippen molar-refractivity contribution in [3.05, 3.63) is 47.5 Å². The lowest BCUT2D eigenvalue weighted by Gasteiger charge is -2.14. The van der Waals surface area contributed by atoms with E-state index in [0.29, 0.717) is 40.8 Å². The van der Waals surface area contributed by atoms with Crippen LogP contribution in [0.15, 0.2) is 36.4 Å². The molecule has 1 heterocycles. The second-order valence-electron chi connectivity index (χ2n) is 8.21. The molecule has 0 aliphatic rings. The van der Waals surface area contributed by atoms with Gasteiger partial charge in [-0.3, -0.25) is 4.79 Å². The molecule has 0 bridgehead atoms. The number of nitrogens with zero attached hydrogens (tertiary/aromatic N) is 3. The van der Waals surface area contributed by atoms with E-state index in [2.05, 4.69) is 23.9 Å². The number of ether oxygens (including phenoxy) is 4. The maximum absolute atomic E-state index is 13.5. The Bertz CT molecular complexity index is 1080. The molecule has 0 aliphatic heterocycles. The van der Waals surface area contributed by atoms with Crippen LogP contribution in [0.1, 0.15) is 61.9 Å². The normalized spacial score (nSPS) is 10.8. The molecule has 0 radical (unpaired) electrons. The van der Waals surface area contributed by atoms with Crippen molar-refractivity contribution in [1.29, 1.82) is 0 Å². The highest BCUT2D eigenvalue weighted by molar-refractivity contribution is 5.97. The van der Waals surface area contributed by atoms with Crippen molar-refractivity contribution in [3.63, 3.8) is 0 Å². The Balaban J connectivity index is 2.00. The third-order valence-electron chi connectivity index (χ3n) is 5.70. The Morgan fingerprint density at radius 1 is 0.886 bits per heavy atom. The van der Waals surface area contributed by atoms with Gasteiger partial charge >= 0.3 is 6.01 Å².